The maximum Gasteiger partial charge on any atom is 0.291 e. The normalized spacial score (nSPS) is 15.8. The summed E-state index contributed by atoms with van der Waals surface area (Å²) in [6, 6.07) is 19.8. The summed E-state index contributed by atoms with van der Waals surface area (Å²) in [6.45, 7) is 4.10. The molecule has 1 atom stereocenters. The van der Waals surface area contributed by atoms with Crippen molar-refractivity contribution in [2.24, 2.45) is 0 Å². The monoisotopic (exact) mass is 414 g/mol. The van der Waals surface area contributed by atoms with Crippen LogP contribution in [0.5, 0.6) is 0 Å². The molecule has 1 N–H and O–H groups in total. The first kappa shape index (κ1) is 19.6. The van der Waals surface area contributed by atoms with E-state index in [1.165, 1.54) is 23.8 Å². The van der Waals surface area contributed by atoms with E-state index in [2.05, 4.69) is 41.4 Å². The molecule has 2 aromatic carbocycles. The number of likely N-dealkylation sites (tertiary alicyclic amines) is 1. The van der Waals surface area contributed by atoms with Gasteiger partial charge < -0.3 is 14.2 Å². The second-order valence-corrected chi connectivity index (χ2v) is 8.18. The van der Waals surface area contributed by atoms with E-state index in [1.54, 1.807) is 12.1 Å². The third kappa shape index (κ3) is 3.89. The van der Waals surface area contributed by atoms with Gasteiger partial charge in [-0.05, 0) is 62.7 Å². The molecular weight excluding hydrogens is 388 g/mol. The molecule has 0 spiro atoms. The molecule has 158 valence electrons. The van der Waals surface area contributed by atoms with Gasteiger partial charge in [0.05, 0.1) is 18.0 Å². The highest BCUT2D eigenvalue weighted by Gasteiger charge is 2.31. The molecule has 5 rings (SSSR count). The van der Waals surface area contributed by atoms with Crippen LogP contribution in [-0.4, -0.2) is 23.9 Å². The van der Waals surface area contributed by atoms with E-state index in [0.29, 0.717) is 5.69 Å². The molecule has 5 nitrogen and oxygen atoms in total. The Morgan fingerprint density at radius 1 is 0.968 bits per heavy atom. The van der Waals surface area contributed by atoms with E-state index in [-0.39, 0.29) is 17.7 Å². The molecule has 1 aliphatic rings. The topological polar surface area (TPSA) is 58.6 Å². The minimum Gasteiger partial charge on any atom is -0.459 e. The van der Waals surface area contributed by atoms with Crippen molar-refractivity contribution in [1.82, 2.24) is 4.90 Å². The molecule has 0 radical (unpaired) electrons. The smallest absolute Gasteiger partial charge is 0.291 e. The number of anilines is 1. The minimum absolute atomic E-state index is 0.0693. The summed E-state index contributed by atoms with van der Waals surface area (Å²) in [5.41, 5.74) is 3.87. The third-order valence-electron chi connectivity index (χ3n) is 6.00. The maximum atomic E-state index is 12.9. The number of hydrogen-bond donors (Lipinski definition) is 1. The van der Waals surface area contributed by atoms with Crippen molar-refractivity contribution in [2.45, 2.75) is 32.2 Å². The van der Waals surface area contributed by atoms with Gasteiger partial charge >= 0.3 is 0 Å². The summed E-state index contributed by atoms with van der Waals surface area (Å²) in [6.07, 6.45) is 5.08. The van der Waals surface area contributed by atoms with Gasteiger partial charge in [0, 0.05) is 5.39 Å². The molecule has 1 saturated heterocycles. The molecule has 3 heterocycles. The number of benzene rings is 2. The second-order valence-electron chi connectivity index (χ2n) is 8.18. The van der Waals surface area contributed by atoms with Crippen LogP contribution in [0.15, 0.2) is 75.8 Å². The van der Waals surface area contributed by atoms with Crippen LogP contribution >= 0.6 is 0 Å². The highest BCUT2D eigenvalue weighted by molar-refractivity contribution is 6.08. The number of carbonyl (C=O) groups is 1. The average Bonchev–Trinajstić information content (AvgIpc) is 3.45. The van der Waals surface area contributed by atoms with Crippen molar-refractivity contribution < 1.29 is 13.6 Å². The first-order chi connectivity index (χ1) is 15.2. The number of hydrogen-bond acceptors (Lipinski definition) is 4. The second kappa shape index (κ2) is 8.44. The van der Waals surface area contributed by atoms with Gasteiger partial charge in [-0.3, -0.25) is 9.69 Å². The summed E-state index contributed by atoms with van der Waals surface area (Å²) in [4.78, 5) is 15.4. The Bertz CT molecular complexity index is 1170. The van der Waals surface area contributed by atoms with Crippen LogP contribution in [0.25, 0.3) is 11.0 Å². The lowest BCUT2D eigenvalue weighted by atomic mass is 9.97. The molecule has 5 heteroatoms. The van der Waals surface area contributed by atoms with E-state index < -0.39 is 0 Å². The zero-order valence-corrected chi connectivity index (χ0v) is 17.6. The van der Waals surface area contributed by atoms with Gasteiger partial charge in [0.15, 0.2) is 5.76 Å². The van der Waals surface area contributed by atoms with Crippen LogP contribution in [0.1, 0.15) is 52.7 Å². The summed E-state index contributed by atoms with van der Waals surface area (Å²) in [7, 11) is 0. The molecule has 31 heavy (non-hydrogen) atoms. The Labute approximate surface area is 181 Å². The number of nitrogens with zero attached hydrogens (tertiary/aromatic N) is 1. The molecule has 1 amide bonds. The Morgan fingerprint density at radius 3 is 2.48 bits per heavy atom. The van der Waals surface area contributed by atoms with Crippen molar-refractivity contribution in [3.8, 4) is 0 Å². The van der Waals surface area contributed by atoms with E-state index in [4.69, 9.17) is 8.83 Å². The average molecular weight is 415 g/mol. The highest BCUT2D eigenvalue weighted by atomic mass is 16.3. The molecule has 4 aromatic rings. The molecule has 2 aromatic heterocycles. The largest absolute Gasteiger partial charge is 0.459 e. The number of furan rings is 2. The first-order valence-electron chi connectivity index (χ1n) is 10.9. The Kier molecular flexibility index (Phi) is 5.35. The third-order valence-corrected chi connectivity index (χ3v) is 6.00. The number of aryl methyl sites for hydroxylation is 1. The van der Waals surface area contributed by atoms with Gasteiger partial charge in [-0.2, -0.15) is 0 Å². The quantitative estimate of drug-likeness (QED) is 0.425. The zero-order chi connectivity index (χ0) is 21.2. The van der Waals surface area contributed by atoms with E-state index in [1.807, 2.05) is 24.3 Å². The van der Waals surface area contributed by atoms with E-state index in [9.17, 15) is 4.79 Å². The molecular formula is C26H26N2O3. The lowest BCUT2D eigenvalue weighted by Gasteiger charge is -2.34. The van der Waals surface area contributed by atoms with Crippen molar-refractivity contribution in [2.75, 3.05) is 18.4 Å². The summed E-state index contributed by atoms with van der Waals surface area (Å²) < 4.78 is 11.7. The Hall–Kier alpha value is -3.31. The first-order valence-corrected chi connectivity index (χ1v) is 10.9. The van der Waals surface area contributed by atoms with Crippen LogP contribution in [-0.2, 0) is 0 Å². The number of rotatable bonds is 5. The molecule has 0 saturated carbocycles. The highest BCUT2D eigenvalue weighted by Crippen LogP contribution is 2.41. The summed E-state index contributed by atoms with van der Waals surface area (Å²) >= 11 is 0. The number of para-hydroxylation sites is 1. The van der Waals surface area contributed by atoms with Crippen LogP contribution in [0.3, 0.4) is 0 Å². The van der Waals surface area contributed by atoms with Gasteiger partial charge in [-0.15, -0.1) is 0 Å². The number of carbonyl (C=O) groups excluding carboxylic acids is 1. The van der Waals surface area contributed by atoms with Gasteiger partial charge in [0.25, 0.3) is 5.91 Å². The summed E-state index contributed by atoms with van der Waals surface area (Å²) in [5.74, 6) is 0.770. The predicted molar refractivity (Wildman–Crippen MR) is 121 cm³/mol. The number of fused-ring (bicyclic) bond motifs is 1. The number of nitrogens with one attached hydrogen (secondary N) is 1. The minimum atomic E-state index is -0.279. The molecule has 1 fully saturated rings. The summed E-state index contributed by atoms with van der Waals surface area (Å²) in [5, 5.41) is 3.98. The number of amides is 1. The fraction of sp³-hybridized carbons (Fsp3) is 0.269. The van der Waals surface area contributed by atoms with Crippen LogP contribution < -0.4 is 5.32 Å². The standard InChI is InChI=1S/C26H26N2O3/c1-18-11-13-19(14-12-18)24(28-15-5-2-6-16-28)25-23(20-8-3-4-9-21(20)31-25)27-26(29)22-10-7-17-30-22/h3-4,7-14,17,24H,2,5-6,15-16H2,1H3,(H,27,29)/t24-/m0/s1. The van der Waals surface area contributed by atoms with Crippen molar-refractivity contribution >= 4 is 22.6 Å². The SMILES string of the molecule is Cc1ccc([C@@H](c2oc3ccccc3c2NC(=O)c2ccco2)N2CCCCC2)cc1. The Morgan fingerprint density at radius 2 is 1.74 bits per heavy atom. The molecule has 1 aliphatic heterocycles. The van der Waals surface area contributed by atoms with Gasteiger partial charge in [0.1, 0.15) is 11.3 Å². The Balaban J connectivity index is 1.64. The van der Waals surface area contributed by atoms with Crippen molar-refractivity contribution in [3.63, 3.8) is 0 Å². The van der Waals surface area contributed by atoms with Gasteiger partial charge in [-0.25, -0.2) is 0 Å². The molecule has 0 bridgehead atoms. The fourth-order valence-corrected chi connectivity index (χ4v) is 4.42. The van der Waals surface area contributed by atoms with Gasteiger partial charge in [0.2, 0.25) is 0 Å². The van der Waals surface area contributed by atoms with Crippen LogP contribution in [0, 0.1) is 6.92 Å². The molecule has 0 aliphatic carbocycles. The maximum absolute atomic E-state index is 12.9. The van der Waals surface area contributed by atoms with Crippen LogP contribution in [0.2, 0.25) is 0 Å². The predicted octanol–water partition coefficient (Wildman–Crippen LogP) is 6.16. The van der Waals surface area contributed by atoms with Gasteiger partial charge in [-0.1, -0.05) is 48.4 Å². The van der Waals surface area contributed by atoms with E-state index >= 15 is 0 Å². The lowest BCUT2D eigenvalue weighted by molar-refractivity contribution is 0.0996. The van der Waals surface area contributed by atoms with Crippen LogP contribution in [0.4, 0.5) is 5.69 Å². The van der Waals surface area contributed by atoms with Crippen molar-refractivity contribution in [3.05, 3.63) is 89.6 Å². The van der Waals surface area contributed by atoms with E-state index in [0.717, 1.165) is 42.7 Å². The number of piperidine rings is 1. The fourth-order valence-electron chi connectivity index (χ4n) is 4.42. The lowest BCUT2D eigenvalue weighted by Crippen LogP contribution is -2.34. The zero-order valence-electron chi connectivity index (χ0n) is 17.6. The molecule has 0 unspecified atom stereocenters. The van der Waals surface area contributed by atoms with Crippen molar-refractivity contribution in [1.29, 1.82) is 0 Å².